The monoisotopic (exact) mass is 525 g/mol. The molecule has 1 atom stereocenters. The van der Waals surface area contributed by atoms with E-state index >= 15 is 0 Å². The number of amides is 1. The summed E-state index contributed by atoms with van der Waals surface area (Å²) in [5.74, 6) is -0.667. The van der Waals surface area contributed by atoms with Gasteiger partial charge in [-0.1, -0.05) is 59.6 Å². The normalized spacial score (nSPS) is 17.9. The molecular formula is C29H29Cl2NO4. The van der Waals surface area contributed by atoms with Crippen LogP contribution in [0.3, 0.4) is 0 Å². The van der Waals surface area contributed by atoms with Gasteiger partial charge in [0.05, 0.1) is 11.2 Å². The van der Waals surface area contributed by atoms with Gasteiger partial charge in [0.1, 0.15) is 0 Å². The highest BCUT2D eigenvalue weighted by molar-refractivity contribution is 6.30. The zero-order valence-corrected chi connectivity index (χ0v) is 22.2. The number of benzene rings is 3. The van der Waals surface area contributed by atoms with Crippen molar-refractivity contribution in [3.63, 3.8) is 0 Å². The molecule has 1 aliphatic rings. The largest absolute Gasteiger partial charge is 0.390 e. The first-order valence-electron chi connectivity index (χ1n) is 11.7. The third-order valence-corrected chi connectivity index (χ3v) is 7.01. The van der Waals surface area contributed by atoms with Gasteiger partial charge in [0.2, 0.25) is 0 Å². The predicted octanol–water partition coefficient (Wildman–Crippen LogP) is 5.85. The van der Waals surface area contributed by atoms with E-state index in [1.54, 1.807) is 87.2 Å². The summed E-state index contributed by atoms with van der Waals surface area (Å²) in [7, 11) is 0. The van der Waals surface area contributed by atoms with Gasteiger partial charge in [-0.3, -0.25) is 9.59 Å². The average Bonchev–Trinajstić information content (AvgIpc) is 3.03. The van der Waals surface area contributed by atoms with Gasteiger partial charge in [-0.25, -0.2) is 0 Å². The quantitative estimate of drug-likeness (QED) is 0.405. The molecule has 4 rings (SSSR count). The highest BCUT2D eigenvalue weighted by atomic mass is 35.5. The van der Waals surface area contributed by atoms with Crippen LogP contribution in [0.1, 0.15) is 66.7 Å². The van der Waals surface area contributed by atoms with Crippen LogP contribution in [0.25, 0.3) is 0 Å². The topological polar surface area (TPSA) is 77.8 Å². The van der Waals surface area contributed by atoms with Crippen LogP contribution in [-0.4, -0.2) is 32.4 Å². The first-order chi connectivity index (χ1) is 16.7. The van der Waals surface area contributed by atoms with E-state index in [1.807, 2.05) is 12.1 Å². The van der Waals surface area contributed by atoms with Crippen molar-refractivity contribution >= 4 is 34.9 Å². The Morgan fingerprint density at radius 3 is 1.97 bits per heavy atom. The van der Waals surface area contributed by atoms with Gasteiger partial charge in [0, 0.05) is 34.1 Å². The molecule has 0 radical (unpaired) electrons. The van der Waals surface area contributed by atoms with Crippen LogP contribution in [-0.2, 0) is 22.5 Å². The molecule has 0 aromatic heterocycles. The SMILES string of the molecule is CC(C)(O)CC(=O)[C@@]1(c2ccc(Cl)cc2)c2ccc(C(C)(C)O)cc2C(=O)N1Cc1ccc(Cl)cc1. The lowest BCUT2D eigenvalue weighted by molar-refractivity contribution is -0.132. The molecule has 0 spiro atoms. The summed E-state index contributed by atoms with van der Waals surface area (Å²) >= 11 is 12.3. The van der Waals surface area contributed by atoms with Gasteiger partial charge in [-0.2, -0.15) is 0 Å². The maximum Gasteiger partial charge on any atom is 0.255 e. The Balaban J connectivity index is 2.02. The number of hydrogen-bond acceptors (Lipinski definition) is 4. The maximum absolute atomic E-state index is 14.3. The van der Waals surface area contributed by atoms with E-state index in [-0.39, 0.29) is 24.7 Å². The average molecular weight is 526 g/mol. The molecule has 5 nitrogen and oxygen atoms in total. The van der Waals surface area contributed by atoms with Crippen molar-refractivity contribution < 1.29 is 19.8 Å². The molecule has 188 valence electrons. The number of nitrogens with zero attached hydrogens (tertiary/aromatic N) is 1. The summed E-state index contributed by atoms with van der Waals surface area (Å²) in [4.78, 5) is 29.9. The number of Topliss-reactive ketones (excluding diaryl/α,β-unsaturated/α-hetero) is 1. The minimum absolute atomic E-state index is 0.128. The molecule has 1 heterocycles. The van der Waals surface area contributed by atoms with E-state index in [4.69, 9.17) is 23.2 Å². The van der Waals surface area contributed by atoms with Crippen molar-refractivity contribution in [2.24, 2.45) is 0 Å². The highest BCUT2D eigenvalue weighted by Crippen LogP contribution is 2.48. The smallest absolute Gasteiger partial charge is 0.255 e. The summed E-state index contributed by atoms with van der Waals surface area (Å²) in [5.41, 5.74) is -1.23. The number of rotatable bonds is 7. The minimum Gasteiger partial charge on any atom is -0.390 e. The Kier molecular flexibility index (Phi) is 6.82. The number of halogens is 2. The molecule has 0 unspecified atom stereocenters. The number of carbonyl (C=O) groups is 2. The summed E-state index contributed by atoms with van der Waals surface area (Å²) in [6.07, 6.45) is -0.188. The molecule has 3 aromatic carbocycles. The van der Waals surface area contributed by atoms with E-state index < -0.39 is 16.7 Å². The zero-order valence-electron chi connectivity index (χ0n) is 20.7. The number of hydrogen-bond donors (Lipinski definition) is 2. The second-order valence-electron chi connectivity index (χ2n) is 10.5. The van der Waals surface area contributed by atoms with E-state index in [9.17, 15) is 19.8 Å². The fraction of sp³-hybridized carbons (Fsp3) is 0.310. The van der Waals surface area contributed by atoms with Gasteiger partial charge in [-0.15, -0.1) is 0 Å². The molecule has 36 heavy (non-hydrogen) atoms. The number of aliphatic hydroxyl groups is 2. The molecule has 0 saturated heterocycles. The maximum atomic E-state index is 14.3. The van der Waals surface area contributed by atoms with Crippen molar-refractivity contribution in [2.75, 3.05) is 0 Å². The van der Waals surface area contributed by atoms with Gasteiger partial charge in [-0.05, 0) is 74.7 Å². The first-order valence-corrected chi connectivity index (χ1v) is 12.4. The molecule has 0 aliphatic carbocycles. The Labute approximate surface area is 221 Å². The van der Waals surface area contributed by atoms with E-state index in [2.05, 4.69) is 0 Å². The van der Waals surface area contributed by atoms with Crippen molar-refractivity contribution in [1.82, 2.24) is 4.90 Å². The summed E-state index contributed by atoms with van der Waals surface area (Å²) in [6.45, 7) is 6.55. The second kappa shape index (κ2) is 9.31. The Hall–Kier alpha value is -2.70. The lowest BCUT2D eigenvalue weighted by Crippen LogP contribution is -2.51. The van der Waals surface area contributed by atoms with Gasteiger partial charge < -0.3 is 15.1 Å². The highest BCUT2D eigenvalue weighted by Gasteiger charge is 2.56. The van der Waals surface area contributed by atoms with Gasteiger partial charge in [0.25, 0.3) is 5.91 Å². The molecule has 0 bridgehead atoms. The zero-order chi connectivity index (χ0) is 26.5. The fourth-order valence-electron chi connectivity index (χ4n) is 4.81. The van der Waals surface area contributed by atoms with Crippen LogP contribution in [0.5, 0.6) is 0 Å². The van der Waals surface area contributed by atoms with Crippen LogP contribution < -0.4 is 0 Å². The molecule has 2 N–H and O–H groups in total. The lowest BCUT2D eigenvalue weighted by Gasteiger charge is -2.40. The third-order valence-electron chi connectivity index (χ3n) is 6.51. The molecule has 3 aromatic rings. The van der Waals surface area contributed by atoms with Crippen LogP contribution in [0.15, 0.2) is 66.7 Å². The molecule has 0 saturated carbocycles. The van der Waals surface area contributed by atoms with E-state index in [1.165, 1.54) is 0 Å². The number of ketones is 1. The molecular weight excluding hydrogens is 497 g/mol. The summed E-state index contributed by atoms with van der Waals surface area (Å²) < 4.78 is 0. The lowest BCUT2D eigenvalue weighted by atomic mass is 9.75. The fourth-order valence-corrected chi connectivity index (χ4v) is 5.06. The molecule has 1 aliphatic heterocycles. The van der Waals surface area contributed by atoms with Crippen LogP contribution >= 0.6 is 23.2 Å². The third kappa shape index (κ3) is 4.81. The summed E-state index contributed by atoms with van der Waals surface area (Å²) in [6, 6.07) is 19.1. The van der Waals surface area contributed by atoms with Crippen LogP contribution in [0.4, 0.5) is 0 Å². The van der Waals surface area contributed by atoms with Crippen LogP contribution in [0, 0.1) is 0 Å². The van der Waals surface area contributed by atoms with E-state index in [0.29, 0.717) is 32.3 Å². The van der Waals surface area contributed by atoms with Crippen molar-refractivity contribution in [3.8, 4) is 0 Å². The second-order valence-corrected chi connectivity index (χ2v) is 11.3. The Morgan fingerprint density at radius 1 is 0.889 bits per heavy atom. The van der Waals surface area contributed by atoms with Crippen molar-refractivity contribution in [3.05, 3.63) is 105 Å². The Bertz CT molecular complexity index is 1310. The predicted molar refractivity (Wildman–Crippen MR) is 141 cm³/mol. The first kappa shape index (κ1) is 26.4. The standard InChI is InChI=1S/C29H29Cl2NO4/c1-27(2,35)16-25(33)29(19-7-12-22(31)13-8-19)24-14-9-20(28(3,4)36)15-23(24)26(34)32(29)17-18-5-10-21(30)11-6-18/h5-15,35-36H,16-17H2,1-4H3/t29-/m1/s1. The minimum atomic E-state index is -1.51. The van der Waals surface area contributed by atoms with Crippen molar-refractivity contribution in [2.45, 2.75) is 57.4 Å². The number of fused-ring (bicyclic) bond motifs is 1. The molecule has 0 fully saturated rings. The van der Waals surface area contributed by atoms with Crippen molar-refractivity contribution in [1.29, 1.82) is 0 Å². The van der Waals surface area contributed by atoms with E-state index in [0.717, 1.165) is 5.56 Å². The summed E-state index contributed by atoms with van der Waals surface area (Å²) in [5, 5.41) is 22.3. The van der Waals surface area contributed by atoms with Gasteiger partial charge in [0.15, 0.2) is 11.3 Å². The number of carbonyl (C=O) groups excluding carboxylic acids is 2. The molecule has 1 amide bonds. The molecule has 7 heteroatoms. The van der Waals surface area contributed by atoms with Gasteiger partial charge >= 0.3 is 0 Å². The Morgan fingerprint density at radius 2 is 1.44 bits per heavy atom. The van der Waals surface area contributed by atoms with Crippen LogP contribution in [0.2, 0.25) is 10.0 Å².